The second-order valence-corrected chi connectivity index (χ2v) is 4.98. The third-order valence-electron chi connectivity index (χ3n) is 3.38. The fourth-order valence-corrected chi connectivity index (χ4v) is 2.32. The molecule has 0 saturated carbocycles. The molecule has 1 aliphatic rings. The van der Waals surface area contributed by atoms with Gasteiger partial charge in [-0.25, -0.2) is 0 Å². The minimum Gasteiger partial charge on any atom is -0.344 e. The van der Waals surface area contributed by atoms with Crippen LogP contribution in [0.25, 0.3) is 0 Å². The van der Waals surface area contributed by atoms with Crippen LogP contribution < -0.4 is 15.5 Å². The molecule has 2 rings (SSSR count). The first-order chi connectivity index (χ1) is 9.61. The second-order valence-electron chi connectivity index (χ2n) is 4.98. The molecule has 2 heterocycles. The molecular formula is C13H22ClN5O2. The van der Waals surface area contributed by atoms with Crippen molar-refractivity contribution in [1.82, 2.24) is 20.4 Å². The van der Waals surface area contributed by atoms with Gasteiger partial charge in [0.15, 0.2) is 0 Å². The van der Waals surface area contributed by atoms with Crippen molar-refractivity contribution in [3.05, 3.63) is 12.4 Å². The standard InChI is InChI=1S/C13H21N5O2.ClH/c1-14-6-5-12(19)16-11-4-3-7-18(13(11)20)10-8-15-17(2)9-10;/h8-9,11,14H,3-7H2,1-2H3,(H,16,19);1H. The first-order valence-corrected chi connectivity index (χ1v) is 6.86. The van der Waals surface area contributed by atoms with Crippen molar-refractivity contribution >= 4 is 29.9 Å². The maximum atomic E-state index is 12.4. The number of halogens is 1. The molecule has 2 amide bonds. The van der Waals surface area contributed by atoms with Crippen LogP contribution in [0.2, 0.25) is 0 Å². The van der Waals surface area contributed by atoms with E-state index < -0.39 is 6.04 Å². The van der Waals surface area contributed by atoms with Gasteiger partial charge in [0.25, 0.3) is 0 Å². The summed E-state index contributed by atoms with van der Waals surface area (Å²) in [5, 5.41) is 9.81. The molecule has 1 fully saturated rings. The van der Waals surface area contributed by atoms with Gasteiger partial charge in [0.1, 0.15) is 6.04 Å². The zero-order valence-corrected chi connectivity index (χ0v) is 13.2. The molecule has 0 aromatic carbocycles. The van der Waals surface area contributed by atoms with Crippen LogP contribution in [-0.4, -0.2) is 47.8 Å². The monoisotopic (exact) mass is 315 g/mol. The number of amides is 2. The van der Waals surface area contributed by atoms with E-state index in [4.69, 9.17) is 0 Å². The van der Waals surface area contributed by atoms with Gasteiger partial charge in [-0.05, 0) is 19.9 Å². The molecule has 1 aliphatic heterocycles. The van der Waals surface area contributed by atoms with Gasteiger partial charge in [-0.3, -0.25) is 14.3 Å². The largest absolute Gasteiger partial charge is 0.344 e. The van der Waals surface area contributed by atoms with Crippen LogP contribution in [0.5, 0.6) is 0 Å². The summed E-state index contributed by atoms with van der Waals surface area (Å²) < 4.78 is 1.66. The van der Waals surface area contributed by atoms with Crippen molar-refractivity contribution in [3.8, 4) is 0 Å². The number of nitrogens with one attached hydrogen (secondary N) is 2. The quantitative estimate of drug-likeness (QED) is 0.805. The van der Waals surface area contributed by atoms with Crippen LogP contribution >= 0.6 is 12.4 Å². The Morgan fingerprint density at radius 2 is 2.29 bits per heavy atom. The molecule has 118 valence electrons. The van der Waals surface area contributed by atoms with Crippen LogP contribution in [0.1, 0.15) is 19.3 Å². The minimum atomic E-state index is -0.423. The van der Waals surface area contributed by atoms with Gasteiger partial charge in [0, 0.05) is 32.8 Å². The van der Waals surface area contributed by atoms with Gasteiger partial charge in [-0.1, -0.05) is 0 Å². The summed E-state index contributed by atoms with van der Waals surface area (Å²) in [6.45, 7) is 1.28. The normalized spacial score (nSPS) is 18.3. The number of aromatic nitrogens is 2. The molecule has 1 saturated heterocycles. The average molecular weight is 316 g/mol. The summed E-state index contributed by atoms with van der Waals surface area (Å²) in [6, 6.07) is -0.423. The highest BCUT2D eigenvalue weighted by molar-refractivity contribution is 5.99. The lowest BCUT2D eigenvalue weighted by Gasteiger charge is -2.31. The van der Waals surface area contributed by atoms with Crippen LogP contribution in [0.3, 0.4) is 0 Å². The number of hydrogen-bond acceptors (Lipinski definition) is 4. The molecule has 1 unspecified atom stereocenters. The Hall–Kier alpha value is -1.60. The molecule has 0 radical (unpaired) electrons. The van der Waals surface area contributed by atoms with Gasteiger partial charge in [-0.15, -0.1) is 12.4 Å². The number of aryl methyl sites for hydroxylation is 1. The molecule has 0 aliphatic carbocycles. The van der Waals surface area contributed by atoms with Crippen LogP contribution in [-0.2, 0) is 16.6 Å². The molecule has 7 nitrogen and oxygen atoms in total. The topological polar surface area (TPSA) is 79.3 Å². The minimum absolute atomic E-state index is 0. The van der Waals surface area contributed by atoms with Crippen molar-refractivity contribution in [2.24, 2.45) is 7.05 Å². The number of nitrogens with zero attached hydrogens (tertiary/aromatic N) is 3. The molecule has 0 spiro atoms. The lowest BCUT2D eigenvalue weighted by molar-refractivity contribution is -0.128. The van der Waals surface area contributed by atoms with E-state index in [1.54, 1.807) is 22.8 Å². The summed E-state index contributed by atoms with van der Waals surface area (Å²) in [6.07, 6.45) is 5.43. The first-order valence-electron chi connectivity index (χ1n) is 6.86. The van der Waals surface area contributed by atoms with Crippen LogP contribution in [0.4, 0.5) is 5.69 Å². The van der Waals surface area contributed by atoms with Gasteiger partial charge >= 0.3 is 0 Å². The van der Waals surface area contributed by atoms with Crippen molar-refractivity contribution < 1.29 is 9.59 Å². The van der Waals surface area contributed by atoms with Crippen LogP contribution in [0.15, 0.2) is 12.4 Å². The van der Waals surface area contributed by atoms with Crippen molar-refractivity contribution in [1.29, 1.82) is 0 Å². The summed E-state index contributed by atoms with van der Waals surface area (Å²) >= 11 is 0. The van der Waals surface area contributed by atoms with Gasteiger partial charge in [0.2, 0.25) is 11.8 Å². The summed E-state index contributed by atoms with van der Waals surface area (Å²) in [5.74, 6) is -0.146. The Kier molecular flexibility index (Phi) is 6.64. The number of rotatable bonds is 5. The van der Waals surface area contributed by atoms with E-state index in [0.29, 0.717) is 25.9 Å². The number of anilines is 1. The average Bonchev–Trinajstić information content (AvgIpc) is 2.85. The Bertz CT molecular complexity index is 491. The van der Waals surface area contributed by atoms with Gasteiger partial charge < -0.3 is 15.5 Å². The van der Waals surface area contributed by atoms with Crippen molar-refractivity contribution in [2.75, 3.05) is 25.0 Å². The zero-order valence-electron chi connectivity index (χ0n) is 12.3. The van der Waals surface area contributed by atoms with E-state index in [1.807, 2.05) is 13.2 Å². The molecule has 8 heteroatoms. The maximum Gasteiger partial charge on any atom is 0.249 e. The number of piperidine rings is 1. The molecule has 0 bridgehead atoms. The Morgan fingerprint density at radius 3 is 2.90 bits per heavy atom. The van der Waals surface area contributed by atoms with E-state index in [9.17, 15) is 9.59 Å². The molecule has 21 heavy (non-hydrogen) atoms. The SMILES string of the molecule is CNCCC(=O)NC1CCCN(c2cnn(C)c2)C1=O.Cl. The van der Waals surface area contributed by atoms with Gasteiger partial charge in [0.05, 0.1) is 11.9 Å². The lowest BCUT2D eigenvalue weighted by atomic mass is 10.0. The molecule has 1 aromatic heterocycles. The first kappa shape index (κ1) is 17.5. The fourth-order valence-electron chi connectivity index (χ4n) is 2.32. The highest BCUT2D eigenvalue weighted by Gasteiger charge is 2.31. The van der Waals surface area contributed by atoms with E-state index >= 15 is 0 Å². The molecule has 1 aromatic rings. The third-order valence-corrected chi connectivity index (χ3v) is 3.38. The molecule has 2 N–H and O–H groups in total. The molecule has 1 atom stereocenters. The van der Waals surface area contributed by atoms with E-state index in [1.165, 1.54) is 0 Å². The third kappa shape index (κ3) is 4.44. The Balaban J connectivity index is 0.00000220. The smallest absolute Gasteiger partial charge is 0.249 e. The van der Waals surface area contributed by atoms with E-state index in [0.717, 1.165) is 12.1 Å². The fraction of sp³-hybridized carbons (Fsp3) is 0.615. The number of hydrogen-bond donors (Lipinski definition) is 2. The van der Waals surface area contributed by atoms with Crippen LogP contribution in [0, 0.1) is 0 Å². The summed E-state index contributed by atoms with van der Waals surface area (Å²) in [4.78, 5) is 25.8. The highest BCUT2D eigenvalue weighted by Crippen LogP contribution is 2.20. The highest BCUT2D eigenvalue weighted by atomic mass is 35.5. The Morgan fingerprint density at radius 1 is 1.52 bits per heavy atom. The zero-order chi connectivity index (χ0) is 14.5. The summed E-state index contributed by atoms with van der Waals surface area (Å²) in [5.41, 5.74) is 0.784. The predicted octanol–water partition coefficient (Wildman–Crippen LogP) is 0.0630. The van der Waals surface area contributed by atoms with E-state index in [-0.39, 0.29) is 24.2 Å². The van der Waals surface area contributed by atoms with Crippen molar-refractivity contribution in [3.63, 3.8) is 0 Å². The second kappa shape index (κ2) is 7.99. The van der Waals surface area contributed by atoms with Gasteiger partial charge in [-0.2, -0.15) is 5.10 Å². The summed E-state index contributed by atoms with van der Waals surface area (Å²) in [7, 11) is 3.61. The maximum absolute atomic E-state index is 12.4. The molecular weight excluding hydrogens is 294 g/mol. The lowest BCUT2D eigenvalue weighted by Crippen LogP contribution is -2.52. The number of carbonyl (C=O) groups is 2. The Labute approximate surface area is 130 Å². The van der Waals surface area contributed by atoms with Crippen molar-refractivity contribution in [2.45, 2.75) is 25.3 Å². The number of carbonyl (C=O) groups excluding carboxylic acids is 2. The van der Waals surface area contributed by atoms with E-state index in [2.05, 4.69) is 15.7 Å². The predicted molar refractivity (Wildman–Crippen MR) is 82.5 cm³/mol.